The SMILES string of the molecule is NC(CC(=O)CCC1(CCC(=O)C(O)C(N)Cc2c[nH]c3ccccc23)CCC1)Cc1cc(F)ccc1F. The van der Waals surface area contributed by atoms with Crippen LogP contribution < -0.4 is 11.5 Å². The maximum atomic E-state index is 13.9. The lowest BCUT2D eigenvalue weighted by Gasteiger charge is -2.42. The van der Waals surface area contributed by atoms with Crippen molar-refractivity contribution in [3.8, 4) is 0 Å². The van der Waals surface area contributed by atoms with Crippen molar-refractivity contribution >= 4 is 22.5 Å². The molecular formula is C30H37F2N3O3. The summed E-state index contributed by atoms with van der Waals surface area (Å²) in [4.78, 5) is 28.6. The van der Waals surface area contributed by atoms with Gasteiger partial charge in [-0.05, 0) is 79.3 Å². The van der Waals surface area contributed by atoms with Crippen LogP contribution in [0.4, 0.5) is 8.78 Å². The van der Waals surface area contributed by atoms with Gasteiger partial charge in [0.2, 0.25) is 0 Å². The molecule has 38 heavy (non-hydrogen) atoms. The molecule has 1 heterocycles. The van der Waals surface area contributed by atoms with Crippen molar-refractivity contribution < 1.29 is 23.5 Å². The number of carbonyl (C=O) groups excluding carboxylic acids is 2. The van der Waals surface area contributed by atoms with Crippen LogP contribution >= 0.6 is 0 Å². The second-order valence-corrected chi connectivity index (χ2v) is 10.9. The average molecular weight is 526 g/mol. The molecule has 204 valence electrons. The lowest BCUT2D eigenvalue weighted by atomic mass is 9.63. The van der Waals surface area contributed by atoms with Gasteiger partial charge in [0.15, 0.2) is 5.78 Å². The highest BCUT2D eigenvalue weighted by atomic mass is 19.1. The number of Topliss-reactive ketones (excluding diaryl/α,β-unsaturated/α-hetero) is 2. The van der Waals surface area contributed by atoms with Gasteiger partial charge in [-0.3, -0.25) is 9.59 Å². The third-order valence-corrected chi connectivity index (χ3v) is 8.10. The summed E-state index contributed by atoms with van der Waals surface area (Å²) in [6.07, 6.45) is 5.90. The van der Waals surface area contributed by atoms with Crippen LogP contribution in [0.5, 0.6) is 0 Å². The lowest BCUT2D eigenvalue weighted by Crippen LogP contribution is -2.42. The number of nitrogens with one attached hydrogen (secondary N) is 1. The van der Waals surface area contributed by atoms with Gasteiger partial charge < -0.3 is 21.6 Å². The second-order valence-electron chi connectivity index (χ2n) is 10.9. The Morgan fingerprint density at radius 1 is 1.00 bits per heavy atom. The molecule has 1 saturated carbocycles. The highest BCUT2D eigenvalue weighted by molar-refractivity contribution is 5.85. The molecular weight excluding hydrogens is 488 g/mol. The van der Waals surface area contributed by atoms with Crippen LogP contribution in [-0.2, 0) is 22.4 Å². The number of rotatable bonds is 14. The molecule has 0 spiro atoms. The maximum absolute atomic E-state index is 13.9. The highest BCUT2D eigenvalue weighted by Crippen LogP contribution is 2.48. The van der Waals surface area contributed by atoms with Crippen molar-refractivity contribution in [2.45, 2.75) is 82.4 Å². The van der Waals surface area contributed by atoms with Gasteiger partial charge in [0.25, 0.3) is 0 Å². The van der Waals surface area contributed by atoms with E-state index in [0.29, 0.717) is 25.7 Å². The van der Waals surface area contributed by atoms with Crippen LogP contribution in [0.2, 0.25) is 0 Å². The van der Waals surface area contributed by atoms with Crippen LogP contribution in [0.3, 0.4) is 0 Å². The lowest BCUT2D eigenvalue weighted by molar-refractivity contribution is -0.129. The minimum Gasteiger partial charge on any atom is -0.384 e. The molecule has 0 amide bonds. The van der Waals surface area contributed by atoms with E-state index in [1.165, 1.54) is 0 Å². The van der Waals surface area contributed by atoms with Crippen LogP contribution in [-0.4, -0.2) is 39.8 Å². The van der Waals surface area contributed by atoms with E-state index in [0.717, 1.165) is 53.9 Å². The van der Waals surface area contributed by atoms with Crippen molar-refractivity contribution in [1.29, 1.82) is 0 Å². The highest BCUT2D eigenvalue weighted by Gasteiger charge is 2.38. The predicted octanol–water partition coefficient (Wildman–Crippen LogP) is 4.51. The molecule has 0 bridgehead atoms. The fourth-order valence-electron chi connectivity index (χ4n) is 5.60. The summed E-state index contributed by atoms with van der Waals surface area (Å²) in [7, 11) is 0. The molecule has 4 rings (SSSR count). The number of halogens is 2. The number of ketones is 2. The van der Waals surface area contributed by atoms with Gasteiger partial charge in [-0.2, -0.15) is 0 Å². The average Bonchev–Trinajstić information content (AvgIpc) is 3.27. The van der Waals surface area contributed by atoms with Gasteiger partial charge in [0, 0.05) is 48.4 Å². The number of nitrogens with two attached hydrogens (primary N) is 2. The minimum atomic E-state index is -1.25. The summed E-state index contributed by atoms with van der Waals surface area (Å²) in [5.41, 5.74) is 14.3. The van der Waals surface area contributed by atoms with Gasteiger partial charge in [0.05, 0.1) is 0 Å². The van der Waals surface area contributed by atoms with E-state index in [-0.39, 0.29) is 41.8 Å². The third-order valence-electron chi connectivity index (χ3n) is 8.10. The van der Waals surface area contributed by atoms with Crippen LogP contribution in [0, 0.1) is 17.0 Å². The number of para-hydroxylation sites is 1. The number of carbonyl (C=O) groups is 2. The largest absolute Gasteiger partial charge is 0.384 e. The van der Waals surface area contributed by atoms with Gasteiger partial charge >= 0.3 is 0 Å². The number of aliphatic hydroxyl groups is 1. The number of hydrogen-bond acceptors (Lipinski definition) is 5. The summed E-state index contributed by atoms with van der Waals surface area (Å²) in [5.74, 6) is -1.36. The van der Waals surface area contributed by atoms with Crippen molar-refractivity contribution in [3.63, 3.8) is 0 Å². The summed E-state index contributed by atoms with van der Waals surface area (Å²) >= 11 is 0. The molecule has 3 unspecified atom stereocenters. The van der Waals surface area contributed by atoms with E-state index in [1.54, 1.807) is 0 Å². The van der Waals surface area contributed by atoms with Crippen LogP contribution in [0.25, 0.3) is 10.9 Å². The zero-order valence-corrected chi connectivity index (χ0v) is 21.6. The first kappa shape index (κ1) is 28.1. The van der Waals surface area contributed by atoms with Gasteiger partial charge in [-0.25, -0.2) is 8.78 Å². The Kier molecular flexibility index (Phi) is 9.07. The summed E-state index contributed by atoms with van der Waals surface area (Å²) in [6.45, 7) is 0. The molecule has 1 aromatic heterocycles. The molecule has 2 aromatic carbocycles. The number of fused-ring (bicyclic) bond motifs is 1. The molecule has 6 N–H and O–H groups in total. The summed E-state index contributed by atoms with van der Waals surface area (Å²) in [6, 6.07) is 9.75. The molecule has 0 radical (unpaired) electrons. The van der Waals surface area contributed by atoms with E-state index in [1.807, 2.05) is 30.5 Å². The molecule has 0 aliphatic heterocycles. The summed E-state index contributed by atoms with van der Waals surface area (Å²) < 4.78 is 27.3. The Morgan fingerprint density at radius 2 is 1.74 bits per heavy atom. The Labute approximate surface area is 221 Å². The predicted molar refractivity (Wildman–Crippen MR) is 143 cm³/mol. The van der Waals surface area contributed by atoms with Crippen molar-refractivity contribution in [3.05, 3.63) is 71.4 Å². The van der Waals surface area contributed by atoms with Crippen molar-refractivity contribution in [2.75, 3.05) is 0 Å². The fourth-order valence-corrected chi connectivity index (χ4v) is 5.60. The first-order valence-corrected chi connectivity index (χ1v) is 13.4. The normalized spacial score (nSPS) is 17.1. The van der Waals surface area contributed by atoms with Gasteiger partial charge in [0.1, 0.15) is 23.5 Å². The Morgan fingerprint density at radius 3 is 2.47 bits per heavy atom. The molecule has 1 fully saturated rings. The van der Waals surface area contributed by atoms with E-state index < -0.39 is 29.8 Å². The van der Waals surface area contributed by atoms with Gasteiger partial charge in [-0.15, -0.1) is 0 Å². The quantitative estimate of drug-likeness (QED) is 0.247. The first-order valence-electron chi connectivity index (χ1n) is 13.4. The second kappa shape index (κ2) is 12.3. The van der Waals surface area contributed by atoms with Gasteiger partial charge in [-0.1, -0.05) is 24.6 Å². The number of aromatic nitrogens is 1. The maximum Gasteiger partial charge on any atom is 0.162 e. The minimum absolute atomic E-state index is 0.0206. The number of aliphatic hydroxyl groups excluding tert-OH is 1. The monoisotopic (exact) mass is 525 g/mol. The molecule has 1 aliphatic rings. The van der Waals surface area contributed by atoms with E-state index in [4.69, 9.17) is 11.5 Å². The van der Waals surface area contributed by atoms with E-state index >= 15 is 0 Å². The zero-order valence-electron chi connectivity index (χ0n) is 21.6. The number of benzene rings is 2. The smallest absolute Gasteiger partial charge is 0.162 e. The Hall–Kier alpha value is -2.94. The van der Waals surface area contributed by atoms with Crippen LogP contribution in [0.15, 0.2) is 48.7 Å². The standard InChI is InChI=1S/C30H37F2N3O3/c31-21-6-7-25(32)19(14-21)15-22(33)17-23(36)8-12-30(10-3-11-30)13-9-28(37)29(38)26(34)16-20-18-35-27-5-2-1-4-24(20)27/h1-2,4-7,14,18,22,26,29,35,38H,3,8-13,15-17,33-34H2. The van der Waals surface area contributed by atoms with E-state index in [2.05, 4.69) is 4.98 Å². The Balaban J connectivity index is 1.23. The summed E-state index contributed by atoms with van der Waals surface area (Å²) in [5, 5.41) is 11.6. The molecule has 3 aromatic rings. The topological polar surface area (TPSA) is 122 Å². The molecule has 1 aliphatic carbocycles. The van der Waals surface area contributed by atoms with E-state index in [9.17, 15) is 23.5 Å². The van der Waals surface area contributed by atoms with Crippen molar-refractivity contribution in [1.82, 2.24) is 4.98 Å². The molecule has 3 atom stereocenters. The molecule has 8 heteroatoms. The zero-order chi connectivity index (χ0) is 27.3. The first-order chi connectivity index (χ1) is 18.2. The third kappa shape index (κ3) is 6.92. The van der Waals surface area contributed by atoms with Crippen LogP contribution in [0.1, 0.15) is 62.5 Å². The fraction of sp³-hybridized carbons (Fsp3) is 0.467. The number of hydrogen-bond donors (Lipinski definition) is 4. The number of H-pyrrole nitrogens is 1. The molecule has 6 nitrogen and oxygen atoms in total. The number of aromatic amines is 1. The molecule has 0 saturated heterocycles. The Bertz CT molecular complexity index is 1270. The van der Waals surface area contributed by atoms with Crippen molar-refractivity contribution in [2.24, 2.45) is 16.9 Å².